The number of aromatic nitrogens is 2. The summed E-state index contributed by atoms with van der Waals surface area (Å²) in [6, 6.07) is 7.11. The van der Waals surface area contributed by atoms with Crippen LogP contribution in [0.4, 0.5) is 4.39 Å². The minimum atomic E-state index is -0.185. The van der Waals surface area contributed by atoms with E-state index in [1.54, 1.807) is 12.1 Å². The number of benzene rings is 1. The Labute approximate surface area is 159 Å². The molecule has 5 nitrogen and oxygen atoms in total. The molecule has 1 aromatic carbocycles. The van der Waals surface area contributed by atoms with E-state index in [-0.39, 0.29) is 11.7 Å². The largest absolute Gasteiger partial charge is 0.337 e. The van der Waals surface area contributed by atoms with E-state index in [0.29, 0.717) is 11.7 Å². The fraction of sp³-hybridized carbons (Fsp3) is 0.524. The van der Waals surface area contributed by atoms with Crippen molar-refractivity contribution in [1.29, 1.82) is 0 Å². The Hall–Kier alpha value is -2.21. The molecule has 144 valence electrons. The second kappa shape index (κ2) is 7.80. The minimum Gasteiger partial charge on any atom is -0.337 e. The number of carbonyl (C=O) groups excluding carboxylic acids is 1. The van der Waals surface area contributed by atoms with E-state index in [1.807, 2.05) is 22.7 Å². The minimum absolute atomic E-state index is 0.0877. The molecule has 1 saturated heterocycles. The van der Waals surface area contributed by atoms with Crippen LogP contribution in [0.5, 0.6) is 0 Å². The summed E-state index contributed by atoms with van der Waals surface area (Å²) in [6.07, 6.45) is 5.78. The summed E-state index contributed by atoms with van der Waals surface area (Å²) in [4.78, 5) is 14.8. The van der Waals surface area contributed by atoms with Gasteiger partial charge in [0.05, 0.1) is 0 Å². The zero-order valence-electron chi connectivity index (χ0n) is 15.9. The highest BCUT2D eigenvalue weighted by molar-refractivity contribution is 5.94. The number of nitrogens with one attached hydrogen (secondary N) is 1. The summed E-state index contributed by atoms with van der Waals surface area (Å²) < 4.78 is 15.2. The quantitative estimate of drug-likeness (QED) is 0.880. The van der Waals surface area contributed by atoms with Crippen molar-refractivity contribution in [2.24, 2.45) is 7.05 Å². The van der Waals surface area contributed by atoms with Crippen LogP contribution in [-0.2, 0) is 26.3 Å². The topological polar surface area (TPSA) is 50.2 Å². The van der Waals surface area contributed by atoms with Crippen molar-refractivity contribution in [3.8, 4) is 0 Å². The lowest BCUT2D eigenvalue weighted by molar-refractivity contribution is 0.0785. The Morgan fingerprint density at radius 1 is 1.33 bits per heavy atom. The van der Waals surface area contributed by atoms with Crippen molar-refractivity contribution in [1.82, 2.24) is 20.0 Å². The van der Waals surface area contributed by atoms with Gasteiger partial charge < -0.3 is 10.2 Å². The SMILES string of the molecule is Cn1nc(C(=O)N2CCCC2)c2c1CCC(NCCc1cccc(F)c1)C2. The van der Waals surface area contributed by atoms with E-state index in [4.69, 9.17) is 0 Å². The third-order valence-corrected chi connectivity index (χ3v) is 5.79. The smallest absolute Gasteiger partial charge is 0.274 e. The van der Waals surface area contributed by atoms with Gasteiger partial charge in [-0.2, -0.15) is 5.10 Å². The predicted molar refractivity (Wildman–Crippen MR) is 102 cm³/mol. The highest BCUT2D eigenvalue weighted by Crippen LogP contribution is 2.26. The van der Waals surface area contributed by atoms with E-state index in [9.17, 15) is 9.18 Å². The summed E-state index contributed by atoms with van der Waals surface area (Å²) in [5.41, 5.74) is 3.96. The molecule has 2 heterocycles. The number of hydrogen-bond donors (Lipinski definition) is 1. The first-order valence-corrected chi connectivity index (χ1v) is 9.93. The predicted octanol–water partition coefficient (Wildman–Crippen LogP) is 2.48. The third-order valence-electron chi connectivity index (χ3n) is 5.79. The van der Waals surface area contributed by atoms with Crippen molar-refractivity contribution >= 4 is 5.91 Å². The maximum Gasteiger partial charge on any atom is 0.274 e. The van der Waals surface area contributed by atoms with Gasteiger partial charge in [-0.3, -0.25) is 9.48 Å². The van der Waals surface area contributed by atoms with Gasteiger partial charge in [0.15, 0.2) is 5.69 Å². The Balaban J connectivity index is 1.40. The van der Waals surface area contributed by atoms with Crippen molar-refractivity contribution in [2.45, 2.75) is 44.6 Å². The number of nitrogens with zero attached hydrogens (tertiary/aromatic N) is 3. The maximum absolute atomic E-state index is 13.3. The Kier molecular flexibility index (Phi) is 5.25. The molecular weight excluding hydrogens is 343 g/mol. The molecule has 0 radical (unpaired) electrons. The van der Waals surface area contributed by atoms with E-state index < -0.39 is 0 Å². The van der Waals surface area contributed by atoms with Gasteiger partial charge in [0, 0.05) is 37.4 Å². The first-order chi connectivity index (χ1) is 13.1. The lowest BCUT2D eigenvalue weighted by Crippen LogP contribution is -2.37. The average Bonchev–Trinajstić information content (AvgIpc) is 3.30. The van der Waals surface area contributed by atoms with Crippen LogP contribution < -0.4 is 5.32 Å². The van der Waals surface area contributed by atoms with Gasteiger partial charge in [-0.05, 0) is 62.8 Å². The second-order valence-corrected chi connectivity index (χ2v) is 7.67. The number of amides is 1. The number of aryl methyl sites for hydroxylation is 1. The van der Waals surface area contributed by atoms with Crippen LogP contribution in [0.1, 0.15) is 46.6 Å². The summed E-state index contributed by atoms with van der Waals surface area (Å²) in [5, 5.41) is 8.16. The molecule has 1 aliphatic heterocycles. The molecule has 27 heavy (non-hydrogen) atoms. The number of halogens is 1. The van der Waals surface area contributed by atoms with Gasteiger partial charge in [0.25, 0.3) is 5.91 Å². The van der Waals surface area contributed by atoms with Crippen LogP contribution in [0.2, 0.25) is 0 Å². The van der Waals surface area contributed by atoms with Gasteiger partial charge >= 0.3 is 0 Å². The molecule has 1 unspecified atom stereocenters. The molecule has 2 aliphatic rings. The number of likely N-dealkylation sites (tertiary alicyclic amines) is 1. The molecule has 1 N–H and O–H groups in total. The first kappa shape index (κ1) is 18.2. The summed E-state index contributed by atoms with van der Waals surface area (Å²) in [7, 11) is 1.94. The Morgan fingerprint density at radius 2 is 2.15 bits per heavy atom. The molecular formula is C21H27FN4O. The highest BCUT2D eigenvalue weighted by atomic mass is 19.1. The van der Waals surface area contributed by atoms with Crippen LogP contribution in [0.3, 0.4) is 0 Å². The number of fused-ring (bicyclic) bond motifs is 1. The number of hydrogen-bond acceptors (Lipinski definition) is 3. The monoisotopic (exact) mass is 370 g/mol. The van der Waals surface area contributed by atoms with Crippen LogP contribution in [0.25, 0.3) is 0 Å². The molecule has 2 aromatic rings. The molecule has 4 rings (SSSR count). The zero-order chi connectivity index (χ0) is 18.8. The molecule has 1 atom stereocenters. The van der Waals surface area contributed by atoms with Gasteiger partial charge in [0.1, 0.15) is 5.82 Å². The molecule has 1 aliphatic carbocycles. The summed E-state index contributed by atoms with van der Waals surface area (Å²) in [6.45, 7) is 2.50. The Bertz CT molecular complexity index is 826. The number of carbonyl (C=O) groups is 1. The standard InChI is InChI=1S/C21H27FN4O/c1-25-19-8-7-17(23-10-9-15-5-4-6-16(22)13-15)14-18(19)20(24-25)21(27)26-11-2-3-12-26/h4-6,13,17,23H,2-3,7-12,14H2,1H3. The average molecular weight is 370 g/mol. The molecule has 1 amide bonds. The Morgan fingerprint density at radius 3 is 2.93 bits per heavy atom. The summed E-state index contributed by atoms with van der Waals surface area (Å²) in [5.74, 6) is -0.0972. The van der Waals surface area contributed by atoms with Crippen molar-refractivity contribution < 1.29 is 9.18 Å². The third kappa shape index (κ3) is 3.90. The van der Waals surface area contributed by atoms with Crippen molar-refractivity contribution in [3.63, 3.8) is 0 Å². The summed E-state index contributed by atoms with van der Waals surface area (Å²) >= 11 is 0. The molecule has 0 saturated carbocycles. The molecule has 1 fully saturated rings. The molecule has 6 heteroatoms. The lowest BCUT2D eigenvalue weighted by Gasteiger charge is -2.25. The van der Waals surface area contributed by atoms with Crippen LogP contribution in [0, 0.1) is 5.82 Å². The normalized spacial score (nSPS) is 19.3. The van der Waals surface area contributed by atoms with E-state index in [0.717, 1.165) is 69.3 Å². The van der Waals surface area contributed by atoms with Gasteiger partial charge in [-0.15, -0.1) is 0 Å². The van der Waals surface area contributed by atoms with Crippen molar-refractivity contribution in [2.75, 3.05) is 19.6 Å². The van der Waals surface area contributed by atoms with Crippen LogP contribution in [-0.4, -0.2) is 46.3 Å². The lowest BCUT2D eigenvalue weighted by atomic mass is 9.91. The van der Waals surface area contributed by atoms with E-state index >= 15 is 0 Å². The highest BCUT2D eigenvalue weighted by Gasteiger charge is 2.31. The molecule has 0 spiro atoms. The van der Waals surface area contributed by atoms with Gasteiger partial charge in [-0.25, -0.2) is 4.39 Å². The van der Waals surface area contributed by atoms with E-state index in [2.05, 4.69) is 10.4 Å². The molecule has 1 aromatic heterocycles. The maximum atomic E-state index is 13.3. The zero-order valence-corrected chi connectivity index (χ0v) is 15.9. The van der Waals surface area contributed by atoms with Gasteiger partial charge in [-0.1, -0.05) is 12.1 Å². The second-order valence-electron chi connectivity index (χ2n) is 7.67. The molecule has 0 bridgehead atoms. The fourth-order valence-corrected chi connectivity index (χ4v) is 4.32. The number of rotatable bonds is 5. The fourth-order valence-electron chi connectivity index (χ4n) is 4.32. The van der Waals surface area contributed by atoms with E-state index in [1.165, 1.54) is 11.8 Å². The van der Waals surface area contributed by atoms with Gasteiger partial charge in [0.2, 0.25) is 0 Å². The van der Waals surface area contributed by atoms with Crippen molar-refractivity contribution in [3.05, 3.63) is 52.6 Å². The first-order valence-electron chi connectivity index (χ1n) is 9.93. The van der Waals surface area contributed by atoms with Crippen LogP contribution >= 0.6 is 0 Å². The van der Waals surface area contributed by atoms with Crippen LogP contribution in [0.15, 0.2) is 24.3 Å².